The highest BCUT2D eigenvalue weighted by molar-refractivity contribution is 7.89. The van der Waals surface area contributed by atoms with Crippen molar-refractivity contribution in [2.75, 3.05) is 19.3 Å². The first-order valence-corrected chi connectivity index (χ1v) is 20.5. The molecule has 7 rings (SSSR count). The van der Waals surface area contributed by atoms with Gasteiger partial charge < -0.3 is 25.1 Å². The molecule has 5 aromatic rings. The number of hydrogen-bond donors (Lipinski definition) is 5. The van der Waals surface area contributed by atoms with Crippen LogP contribution in [0.4, 0.5) is 0 Å². The number of nitrogens with one attached hydrogen (secondary N) is 3. The van der Waals surface area contributed by atoms with Crippen LogP contribution in [0.25, 0.3) is 43.6 Å². The van der Waals surface area contributed by atoms with E-state index in [1.54, 1.807) is 0 Å². The summed E-state index contributed by atoms with van der Waals surface area (Å²) in [5.74, 6) is -0.742. The molecule has 4 heterocycles. The summed E-state index contributed by atoms with van der Waals surface area (Å²) in [7, 11) is -3.76. The molecule has 2 aromatic heterocycles. The molecule has 2 aliphatic rings. The third-order valence-corrected chi connectivity index (χ3v) is 12.8. The maximum atomic E-state index is 13.7. The number of aromatic amines is 1. The Hall–Kier alpha value is -3.59. The predicted octanol–water partition coefficient (Wildman–Crippen LogP) is 2.97. The molecule has 0 unspecified atom stereocenters. The number of sulfonamides is 1. The summed E-state index contributed by atoms with van der Waals surface area (Å²) in [6.07, 6.45) is -2.63. The smallest absolute Gasteiger partial charge is 0.262 e. The minimum atomic E-state index is -3.65. The van der Waals surface area contributed by atoms with Crippen molar-refractivity contribution < 1.29 is 28.2 Å². The van der Waals surface area contributed by atoms with E-state index in [9.17, 15) is 28.2 Å². The largest absolute Gasteiger partial charge is 0.389 e. The number of amides is 2. The fourth-order valence-electron chi connectivity index (χ4n) is 6.90. The van der Waals surface area contributed by atoms with Gasteiger partial charge in [-0.2, -0.15) is 0 Å². The van der Waals surface area contributed by atoms with Gasteiger partial charge in [0.25, 0.3) is 11.8 Å². The van der Waals surface area contributed by atoms with E-state index in [0.717, 1.165) is 32.2 Å². The van der Waals surface area contributed by atoms with Gasteiger partial charge in [0.15, 0.2) is 0 Å². The number of aliphatic hydroxyl groups is 2. The standard InChI is InChI=1S/C32H37N5O6SSi/c1-36-31(40)25-23-17-9-5-7-11-19(17)34-27(23)28-24(26(25)32(36)41)18-10-6-8-12-22(18)37(28)16-21-30(39)29(38)20(15-33-21)35-44(42,43)13-14-45(2,3)4/h5-12,20-21,29-30,33-35,38-39H,13-16H2,1-4H3/t20-,21-,29+,30+/m0/s1. The molecule has 1 saturated heterocycles. The molecule has 1 fully saturated rings. The van der Waals surface area contributed by atoms with Crippen LogP contribution in [-0.4, -0.2) is 96.6 Å². The van der Waals surface area contributed by atoms with Crippen LogP contribution in [0.3, 0.4) is 0 Å². The van der Waals surface area contributed by atoms with Gasteiger partial charge >= 0.3 is 0 Å². The zero-order chi connectivity index (χ0) is 32.0. The van der Waals surface area contributed by atoms with Gasteiger partial charge in [0, 0.05) is 60.8 Å². The molecule has 2 aliphatic heterocycles. The lowest BCUT2D eigenvalue weighted by atomic mass is 9.94. The maximum Gasteiger partial charge on any atom is 0.262 e. The van der Waals surface area contributed by atoms with Crippen molar-refractivity contribution in [3.8, 4) is 0 Å². The molecule has 3 aromatic carbocycles. The van der Waals surface area contributed by atoms with Gasteiger partial charge in [-0.3, -0.25) is 14.5 Å². The first-order valence-electron chi connectivity index (χ1n) is 15.2. The van der Waals surface area contributed by atoms with E-state index in [0.29, 0.717) is 33.5 Å². The maximum absolute atomic E-state index is 13.7. The summed E-state index contributed by atoms with van der Waals surface area (Å²) in [5.41, 5.74) is 3.78. The fourth-order valence-corrected chi connectivity index (χ4v) is 11.2. The highest BCUT2D eigenvalue weighted by atomic mass is 32.2. The summed E-state index contributed by atoms with van der Waals surface area (Å²) < 4.78 is 30.3. The van der Waals surface area contributed by atoms with E-state index in [-0.39, 0.29) is 30.7 Å². The van der Waals surface area contributed by atoms with E-state index in [2.05, 4.69) is 34.7 Å². The molecule has 4 atom stereocenters. The number of carbonyl (C=O) groups is 2. The molecule has 45 heavy (non-hydrogen) atoms. The molecule has 0 saturated carbocycles. The average Bonchev–Trinajstić information content (AvgIpc) is 3.60. The number of fused-ring (bicyclic) bond motifs is 10. The number of para-hydroxylation sites is 2. The third kappa shape index (κ3) is 4.80. The molecule has 0 spiro atoms. The van der Waals surface area contributed by atoms with Crippen LogP contribution in [-0.2, 0) is 16.6 Å². The van der Waals surface area contributed by atoms with E-state index in [4.69, 9.17) is 0 Å². The Kier molecular flexibility index (Phi) is 7.00. The van der Waals surface area contributed by atoms with Gasteiger partial charge in [0.2, 0.25) is 10.0 Å². The van der Waals surface area contributed by atoms with Gasteiger partial charge in [-0.25, -0.2) is 13.1 Å². The van der Waals surface area contributed by atoms with Crippen molar-refractivity contribution in [1.29, 1.82) is 0 Å². The van der Waals surface area contributed by atoms with Gasteiger partial charge in [-0.1, -0.05) is 56.0 Å². The summed E-state index contributed by atoms with van der Waals surface area (Å²) in [4.78, 5) is 31.9. The van der Waals surface area contributed by atoms with Crippen molar-refractivity contribution in [2.24, 2.45) is 0 Å². The lowest BCUT2D eigenvalue weighted by Gasteiger charge is -2.39. The normalized spacial score (nSPS) is 22.8. The zero-order valence-electron chi connectivity index (χ0n) is 25.6. The van der Waals surface area contributed by atoms with Crippen LogP contribution in [0.1, 0.15) is 20.7 Å². The Morgan fingerprint density at radius 3 is 2.29 bits per heavy atom. The number of H-pyrrole nitrogens is 1. The van der Waals surface area contributed by atoms with Crippen LogP contribution < -0.4 is 10.0 Å². The first-order chi connectivity index (χ1) is 21.3. The lowest BCUT2D eigenvalue weighted by molar-refractivity contribution is -0.0432. The minimum Gasteiger partial charge on any atom is -0.389 e. The van der Waals surface area contributed by atoms with E-state index in [1.807, 2.05) is 53.1 Å². The molecule has 236 valence electrons. The van der Waals surface area contributed by atoms with Gasteiger partial charge in [-0.05, 0) is 18.2 Å². The van der Waals surface area contributed by atoms with Gasteiger partial charge in [-0.15, -0.1) is 0 Å². The number of nitrogens with zero attached hydrogens (tertiary/aromatic N) is 2. The number of piperidine rings is 1. The van der Waals surface area contributed by atoms with Gasteiger partial charge in [0.05, 0.1) is 52.2 Å². The van der Waals surface area contributed by atoms with Crippen molar-refractivity contribution in [2.45, 2.75) is 56.5 Å². The number of imide groups is 1. The molecule has 5 N–H and O–H groups in total. The number of hydrogen-bond acceptors (Lipinski definition) is 7. The predicted molar refractivity (Wildman–Crippen MR) is 178 cm³/mol. The summed E-state index contributed by atoms with van der Waals surface area (Å²) in [6.45, 7) is 6.64. The Morgan fingerprint density at radius 2 is 1.58 bits per heavy atom. The number of aromatic nitrogens is 2. The van der Waals surface area contributed by atoms with Crippen LogP contribution in [0.15, 0.2) is 48.5 Å². The van der Waals surface area contributed by atoms with Crippen molar-refractivity contribution >= 4 is 73.5 Å². The second kappa shape index (κ2) is 10.5. The second-order valence-electron chi connectivity index (χ2n) is 13.5. The fraction of sp³-hybridized carbons (Fsp3) is 0.375. The number of rotatable bonds is 7. The Balaban J connectivity index is 1.33. The lowest BCUT2D eigenvalue weighted by Crippen LogP contribution is -2.65. The second-order valence-corrected chi connectivity index (χ2v) is 21.0. The van der Waals surface area contributed by atoms with Crippen LogP contribution in [0.2, 0.25) is 25.7 Å². The molecule has 0 bridgehead atoms. The molecule has 11 nitrogen and oxygen atoms in total. The van der Waals surface area contributed by atoms with Crippen molar-refractivity contribution in [3.63, 3.8) is 0 Å². The van der Waals surface area contributed by atoms with E-state index >= 15 is 0 Å². The summed E-state index contributed by atoms with van der Waals surface area (Å²) in [6, 6.07) is 14.4. The SMILES string of the molecule is CN1C(=O)c2c(c3c4ccccc4n(C[C@@H]4NC[C@H](NS(=O)(=O)CC[Si](C)(C)C)[C@@H](O)[C@@H]4O)c3c3[nH]c4ccccc4c23)C1=O. The summed E-state index contributed by atoms with van der Waals surface area (Å²) in [5, 5.41) is 28.7. The highest BCUT2D eigenvalue weighted by Crippen LogP contribution is 2.45. The van der Waals surface area contributed by atoms with Crippen LogP contribution >= 0.6 is 0 Å². The molecular formula is C32H37N5O6SSi. The highest BCUT2D eigenvalue weighted by Gasteiger charge is 2.42. The van der Waals surface area contributed by atoms with E-state index in [1.165, 1.54) is 7.05 Å². The average molecular weight is 648 g/mol. The Bertz CT molecular complexity index is 2150. The van der Waals surface area contributed by atoms with Crippen LogP contribution in [0.5, 0.6) is 0 Å². The topological polar surface area (TPSA) is 157 Å². The Labute approximate surface area is 261 Å². The quantitative estimate of drug-likeness (QED) is 0.134. The number of benzene rings is 3. The summed E-state index contributed by atoms with van der Waals surface area (Å²) >= 11 is 0. The van der Waals surface area contributed by atoms with Crippen molar-refractivity contribution in [3.05, 3.63) is 59.7 Å². The molecule has 0 aliphatic carbocycles. The zero-order valence-corrected chi connectivity index (χ0v) is 27.4. The van der Waals surface area contributed by atoms with Crippen molar-refractivity contribution in [1.82, 2.24) is 24.5 Å². The molecule has 13 heteroatoms. The number of aliphatic hydroxyl groups excluding tert-OH is 2. The number of carbonyl (C=O) groups excluding carboxylic acids is 2. The first kappa shape index (κ1) is 30.1. The molecule has 2 amide bonds. The van der Waals surface area contributed by atoms with Gasteiger partial charge in [0.1, 0.15) is 0 Å². The molecule has 0 radical (unpaired) electrons. The Morgan fingerprint density at radius 1 is 0.933 bits per heavy atom. The van der Waals surface area contributed by atoms with Crippen LogP contribution in [0, 0.1) is 0 Å². The van der Waals surface area contributed by atoms with E-state index < -0.39 is 42.4 Å². The monoisotopic (exact) mass is 647 g/mol. The molecular weight excluding hydrogens is 611 g/mol. The minimum absolute atomic E-state index is 0.0198. The third-order valence-electron chi connectivity index (χ3n) is 9.31.